The van der Waals surface area contributed by atoms with Gasteiger partial charge >= 0.3 is 0 Å². The van der Waals surface area contributed by atoms with Crippen LogP contribution in [0.3, 0.4) is 0 Å². The second-order valence-electron chi connectivity index (χ2n) is 5.35. The predicted molar refractivity (Wildman–Crippen MR) is 91.8 cm³/mol. The van der Waals surface area contributed by atoms with E-state index in [1.165, 1.54) is 0 Å². The van der Waals surface area contributed by atoms with Gasteiger partial charge in [-0.05, 0) is 31.2 Å². The molecule has 3 rings (SSSR count). The van der Waals surface area contributed by atoms with Crippen LogP contribution in [0.1, 0.15) is 12.7 Å². The number of methoxy groups -OCH3 is 1. The van der Waals surface area contributed by atoms with Gasteiger partial charge < -0.3 is 19.2 Å². The first kappa shape index (κ1) is 16.6. The van der Waals surface area contributed by atoms with E-state index in [4.69, 9.17) is 13.9 Å². The highest BCUT2D eigenvalue weighted by Crippen LogP contribution is 2.27. The van der Waals surface area contributed by atoms with Crippen molar-refractivity contribution in [2.24, 2.45) is 0 Å². The summed E-state index contributed by atoms with van der Waals surface area (Å²) in [5.41, 5.74) is 0. The van der Waals surface area contributed by atoms with Crippen LogP contribution in [-0.4, -0.2) is 28.9 Å². The topological polar surface area (TPSA) is 78.5 Å². The highest BCUT2D eigenvalue weighted by molar-refractivity contribution is 5.93. The number of amides is 1. The number of carbonyl (C=O) groups is 1. The van der Waals surface area contributed by atoms with E-state index in [2.05, 4.69) is 10.4 Å². The van der Waals surface area contributed by atoms with Crippen molar-refractivity contribution < 1.29 is 18.7 Å². The minimum absolute atomic E-state index is 0.285. The molecule has 1 amide bonds. The molecule has 0 radical (unpaired) electrons. The van der Waals surface area contributed by atoms with Crippen molar-refractivity contribution in [2.75, 3.05) is 12.4 Å². The lowest BCUT2D eigenvalue weighted by molar-refractivity contribution is -0.122. The fourth-order valence-electron chi connectivity index (χ4n) is 2.30. The standard InChI is InChI=1S/C18H19N3O4/c1-13(25-16-8-4-3-7-15(16)23-2)18(22)20-17-9-10-19-21(17)12-14-6-5-11-24-14/h3-11,13H,12H2,1-2H3,(H,20,22)/t13-/m1/s1. The molecule has 0 saturated carbocycles. The molecule has 25 heavy (non-hydrogen) atoms. The number of benzene rings is 1. The number of ether oxygens (including phenoxy) is 2. The summed E-state index contributed by atoms with van der Waals surface area (Å²) in [6, 6.07) is 12.6. The van der Waals surface area contributed by atoms with Gasteiger partial charge in [0, 0.05) is 6.07 Å². The van der Waals surface area contributed by atoms with Gasteiger partial charge in [0.05, 0.1) is 19.6 Å². The molecule has 0 aliphatic heterocycles. The maximum Gasteiger partial charge on any atom is 0.266 e. The molecule has 7 nitrogen and oxygen atoms in total. The normalized spacial score (nSPS) is 11.8. The summed E-state index contributed by atoms with van der Waals surface area (Å²) >= 11 is 0. The SMILES string of the molecule is COc1ccccc1O[C@H](C)C(=O)Nc1ccnn1Cc1ccco1. The number of aromatic nitrogens is 2. The van der Waals surface area contributed by atoms with Gasteiger partial charge in [0.15, 0.2) is 17.6 Å². The zero-order chi connectivity index (χ0) is 17.6. The summed E-state index contributed by atoms with van der Waals surface area (Å²) in [5, 5.41) is 7.01. The van der Waals surface area contributed by atoms with E-state index in [0.717, 1.165) is 5.76 Å². The summed E-state index contributed by atoms with van der Waals surface area (Å²) in [7, 11) is 1.56. The molecular formula is C18H19N3O4. The Kier molecular flexibility index (Phi) is 5.03. The van der Waals surface area contributed by atoms with E-state index >= 15 is 0 Å². The number of hydrogen-bond donors (Lipinski definition) is 1. The predicted octanol–water partition coefficient (Wildman–Crippen LogP) is 2.94. The minimum atomic E-state index is -0.705. The number of hydrogen-bond acceptors (Lipinski definition) is 5. The highest BCUT2D eigenvalue weighted by Gasteiger charge is 2.18. The molecule has 1 atom stereocenters. The molecule has 0 bridgehead atoms. The first-order valence-electron chi connectivity index (χ1n) is 7.82. The van der Waals surface area contributed by atoms with Crippen LogP contribution < -0.4 is 14.8 Å². The molecule has 130 valence electrons. The quantitative estimate of drug-likeness (QED) is 0.715. The Labute approximate surface area is 145 Å². The van der Waals surface area contributed by atoms with E-state index in [-0.39, 0.29) is 5.91 Å². The first-order valence-corrected chi connectivity index (χ1v) is 7.82. The summed E-state index contributed by atoms with van der Waals surface area (Å²) in [4.78, 5) is 12.4. The fraction of sp³-hybridized carbons (Fsp3) is 0.222. The summed E-state index contributed by atoms with van der Waals surface area (Å²) in [5.74, 6) is 2.11. The highest BCUT2D eigenvalue weighted by atomic mass is 16.5. The number of para-hydroxylation sites is 2. The zero-order valence-corrected chi connectivity index (χ0v) is 14.0. The second-order valence-corrected chi connectivity index (χ2v) is 5.35. The molecule has 0 saturated heterocycles. The van der Waals surface area contributed by atoms with Crippen molar-refractivity contribution in [1.82, 2.24) is 9.78 Å². The monoisotopic (exact) mass is 341 g/mol. The lowest BCUT2D eigenvalue weighted by Crippen LogP contribution is -2.31. The Morgan fingerprint density at radius 3 is 2.76 bits per heavy atom. The average Bonchev–Trinajstić information content (AvgIpc) is 3.28. The van der Waals surface area contributed by atoms with Crippen LogP contribution in [0.2, 0.25) is 0 Å². The Morgan fingerprint density at radius 1 is 1.24 bits per heavy atom. The molecule has 0 aliphatic rings. The van der Waals surface area contributed by atoms with Crippen LogP contribution in [0.15, 0.2) is 59.3 Å². The van der Waals surface area contributed by atoms with E-state index in [1.54, 1.807) is 55.4 Å². The van der Waals surface area contributed by atoms with Crippen LogP contribution in [-0.2, 0) is 11.3 Å². The van der Waals surface area contributed by atoms with E-state index in [1.807, 2.05) is 18.2 Å². The Morgan fingerprint density at radius 2 is 2.04 bits per heavy atom. The van der Waals surface area contributed by atoms with Gasteiger partial charge in [-0.3, -0.25) is 4.79 Å². The molecule has 3 aromatic rings. The van der Waals surface area contributed by atoms with Crippen molar-refractivity contribution in [3.05, 3.63) is 60.7 Å². The maximum atomic E-state index is 12.4. The number of furan rings is 1. The third-order valence-electron chi connectivity index (χ3n) is 3.60. The third kappa shape index (κ3) is 4.00. The number of nitrogens with one attached hydrogen (secondary N) is 1. The van der Waals surface area contributed by atoms with Crippen LogP contribution in [0.5, 0.6) is 11.5 Å². The van der Waals surface area contributed by atoms with Gasteiger partial charge in [0.2, 0.25) is 0 Å². The Bertz CT molecular complexity index is 826. The molecule has 0 fully saturated rings. The molecule has 0 spiro atoms. The van der Waals surface area contributed by atoms with Crippen LogP contribution in [0, 0.1) is 0 Å². The van der Waals surface area contributed by atoms with Crippen LogP contribution >= 0.6 is 0 Å². The lowest BCUT2D eigenvalue weighted by Gasteiger charge is -2.17. The Hall–Kier alpha value is -3.22. The van der Waals surface area contributed by atoms with Gasteiger partial charge in [-0.15, -0.1) is 0 Å². The van der Waals surface area contributed by atoms with Gasteiger partial charge in [-0.25, -0.2) is 4.68 Å². The van der Waals surface area contributed by atoms with Gasteiger partial charge in [0.25, 0.3) is 5.91 Å². The molecule has 0 aliphatic carbocycles. The molecular weight excluding hydrogens is 322 g/mol. The largest absolute Gasteiger partial charge is 0.493 e. The van der Waals surface area contributed by atoms with Gasteiger partial charge in [-0.1, -0.05) is 12.1 Å². The number of carbonyl (C=O) groups excluding carboxylic acids is 1. The lowest BCUT2D eigenvalue weighted by atomic mass is 10.3. The fourth-order valence-corrected chi connectivity index (χ4v) is 2.30. The second kappa shape index (κ2) is 7.57. The minimum Gasteiger partial charge on any atom is -0.493 e. The zero-order valence-electron chi connectivity index (χ0n) is 14.0. The van der Waals surface area contributed by atoms with Crippen LogP contribution in [0.4, 0.5) is 5.82 Å². The molecule has 0 unspecified atom stereocenters. The maximum absolute atomic E-state index is 12.4. The smallest absolute Gasteiger partial charge is 0.266 e. The van der Waals surface area contributed by atoms with E-state index in [0.29, 0.717) is 23.9 Å². The molecule has 1 aromatic carbocycles. The molecule has 7 heteroatoms. The van der Waals surface area contributed by atoms with Crippen molar-refractivity contribution in [1.29, 1.82) is 0 Å². The number of nitrogens with zero attached hydrogens (tertiary/aromatic N) is 2. The molecule has 1 N–H and O–H groups in total. The van der Waals surface area contributed by atoms with Gasteiger partial charge in [-0.2, -0.15) is 5.10 Å². The van der Waals surface area contributed by atoms with Gasteiger partial charge in [0.1, 0.15) is 18.1 Å². The summed E-state index contributed by atoms with van der Waals surface area (Å²) < 4.78 is 17.9. The van der Waals surface area contributed by atoms with Crippen molar-refractivity contribution in [3.8, 4) is 11.5 Å². The average molecular weight is 341 g/mol. The van der Waals surface area contributed by atoms with E-state index in [9.17, 15) is 4.79 Å². The Balaban J connectivity index is 1.65. The van der Waals surface area contributed by atoms with Crippen molar-refractivity contribution in [2.45, 2.75) is 19.6 Å². The van der Waals surface area contributed by atoms with Crippen LogP contribution in [0.25, 0.3) is 0 Å². The van der Waals surface area contributed by atoms with E-state index < -0.39 is 6.10 Å². The summed E-state index contributed by atoms with van der Waals surface area (Å²) in [6.45, 7) is 2.10. The van der Waals surface area contributed by atoms with Crippen molar-refractivity contribution in [3.63, 3.8) is 0 Å². The third-order valence-corrected chi connectivity index (χ3v) is 3.60. The summed E-state index contributed by atoms with van der Waals surface area (Å²) in [6.07, 6.45) is 2.51. The van der Waals surface area contributed by atoms with Crippen molar-refractivity contribution >= 4 is 11.7 Å². The first-order chi connectivity index (χ1) is 12.2. The molecule has 2 heterocycles. The molecule has 2 aromatic heterocycles. The number of anilines is 1. The number of rotatable bonds is 7.